The Morgan fingerprint density at radius 2 is 1.85 bits per heavy atom. The van der Waals surface area contributed by atoms with Gasteiger partial charge in [0.05, 0.1) is 22.3 Å². The molecule has 0 heterocycles. The quantitative estimate of drug-likeness (QED) is 0.882. The number of benzene rings is 2. The molecular formula is C15H11ClF2N2. The molecule has 0 spiro atoms. The number of halogens is 3. The van der Waals surface area contributed by atoms with E-state index in [1.807, 2.05) is 6.07 Å². The van der Waals surface area contributed by atoms with Crippen LogP contribution in [0.15, 0.2) is 42.5 Å². The Labute approximate surface area is 120 Å². The Hall–Kier alpha value is -2.12. The highest BCUT2D eigenvalue weighted by atomic mass is 35.5. The van der Waals surface area contributed by atoms with E-state index < -0.39 is 6.43 Å². The highest BCUT2D eigenvalue weighted by Crippen LogP contribution is 2.24. The monoisotopic (exact) mass is 292 g/mol. The van der Waals surface area contributed by atoms with Gasteiger partial charge in [-0.3, -0.25) is 0 Å². The van der Waals surface area contributed by atoms with E-state index >= 15 is 0 Å². The maximum Gasteiger partial charge on any atom is 0.263 e. The second-order valence-electron chi connectivity index (χ2n) is 4.20. The summed E-state index contributed by atoms with van der Waals surface area (Å²) in [6.07, 6.45) is -2.46. The molecule has 2 nitrogen and oxygen atoms in total. The van der Waals surface area contributed by atoms with Crippen molar-refractivity contribution in [3.63, 3.8) is 0 Å². The molecule has 0 bridgehead atoms. The van der Waals surface area contributed by atoms with Gasteiger partial charge in [-0.15, -0.1) is 0 Å². The minimum Gasteiger partial charge on any atom is -0.380 e. The second-order valence-corrected chi connectivity index (χ2v) is 4.61. The van der Waals surface area contributed by atoms with E-state index in [-0.39, 0.29) is 5.56 Å². The van der Waals surface area contributed by atoms with Gasteiger partial charge in [0, 0.05) is 12.1 Å². The van der Waals surface area contributed by atoms with E-state index in [0.29, 0.717) is 22.8 Å². The standard InChI is InChI=1S/C15H11ClF2N2/c16-13-6-3-11(8-19)7-14(13)20-9-10-1-4-12(5-2-10)15(17)18/h1-7,15,20H,9H2. The fourth-order valence-corrected chi connectivity index (χ4v) is 1.89. The van der Waals surface area contributed by atoms with Gasteiger partial charge in [0.2, 0.25) is 0 Å². The summed E-state index contributed by atoms with van der Waals surface area (Å²) in [6, 6.07) is 13.0. The topological polar surface area (TPSA) is 35.8 Å². The highest BCUT2D eigenvalue weighted by molar-refractivity contribution is 6.33. The average Bonchev–Trinajstić information content (AvgIpc) is 2.47. The number of rotatable bonds is 4. The third-order valence-corrected chi connectivity index (χ3v) is 3.14. The molecule has 0 fully saturated rings. The molecule has 0 unspecified atom stereocenters. The molecule has 0 amide bonds. The minimum absolute atomic E-state index is 0.00161. The molecule has 0 radical (unpaired) electrons. The number of nitrogens with one attached hydrogen (secondary N) is 1. The molecule has 0 saturated carbocycles. The summed E-state index contributed by atoms with van der Waals surface area (Å²) in [6.45, 7) is 0.443. The number of hydrogen-bond donors (Lipinski definition) is 1. The van der Waals surface area contributed by atoms with Gasteiger partial charge >= 0.3 is 0 Å². The number of alkyl halides is 2. The first-order valence-electron chi connectivity index (χ1n) is 5.90. The summed E-state index contributed by atoms with van der Waals surface area (Å²) in [5.74, 6) is 0. The lowest BCUT2D eigenvalue weighted by Gasteiger charge is -2.09. The zero-order valence-electron chi connectivity index (χ0n) is 10.4. The highest BCUT2D eigenvalue weighted by Gasteiger charge is 2.06. The summed E-state index contributed by atoms with van der Waals surface area (Å²) in [4.78, 5) is 0. The zero-order chi connectivity index (χ0) is 14.5. The predicted molar refractivity (Wildman–Crippen MR) is 74.9 cm³/mol. The smallest absolute Gasteiger partial charge is 0.263 e. The molecular weight excluding hydrogens is 282 g/mol. The Kier molecular flexibility index (Phi) is 4.54. The van der Waals surface area contributed by atoms with Crippen LogP contribution in [0.4, 0.5) is 14.5 Å². The fraction of sp³-hybridized carbons (Fsp3) is 0.133. The van der Waals surface area contributed by atoms with E-state index in [1.54, 1.807) is 30.3 Å². The summed E-state index contributed by atoms with van der Waals surface area (Å²) in [5, 5.41) is 12.4. The SMILES string of the molecule is N#Cc1ccc(Cl)c(NCc2ccc(C(F)F)cc2)c1. The van der Waals surface area contributed by atoms with E-state index in [2.05, 4.69) is 5.32 Å². The van der Waals surface area contributed by atoms with Crippen molar-refractivity contribution in [2.45, 2.75) is 13.0 Å². The second kappa shape index (κ2) is 6.36. The number of nitrogens with zero attached hydrogens (tertiary/aromatic N) is 1. The van der Waals surface area contributed by atoms with Crippen LogP contribution in [0.1, 0.15) is 23.1 Å². The van der Waals surface area contributed by atoms with Crippen molar-refractivity contribution in [1.82, 2.24) is 0 Å². The first-order chi connectivity index (χ1) is 9.60. The molecule has 0 aromatic heterocycles. The molecule has 1 N–H and O–H groups in total. The molecule has 0 aliphatic carbocycles. The Balaban J connectivity index is 2.07. The van der Waals surface area contributed by atoms with E-state index in [9.17, 15) is 8.78 Å². The van der Waals surface area contributed by atoms with Crippen molar-refractivity contribution in [3.8, 4) is 6.07 Å². The van der Waals surface area contributed by atoms with Crippen molar-refractivity contribution in [1.29, 1.82) is 5.26 Å². The Morgan fingerprint density at radius 3 is 2.45 bits per heavy atom. The maximum absolute atomic E-state index is 12.4. The van der Waals surface area contributed by atoms with Gasteiger partial charge in [0.1, 0.15) is 0 Å². The summed E-state index contributed by atoms with van der Waals surface area (Å²) >= 11 is 6.02. The van der Waals surface area contributed by atoms with Crippen LogP contribution in [0.2, 0.25) is 5.02 Å². The summed E-state index contributed by atoms with van der Waals surface area (Å²) < 4.78 is 24.8. The van der Waals surface area contributed by atoms with Crippen molar-refractivity contribution in [2.75, 3.05) is 5.32 Å². The number of anilines is 1. The van der Waals surface area contributed by atoms with Gasteiger partial charge in [0.25, 0.3) is 6.43 Å². The molecule has 0 aliphatic rings. The number of hydrogen-bond acceptors (Lipinski definition) is 2. The Bertz CT molecular complexity index is 633. The molecule has 0 saturated heterocycles. The van der Waals surface area contributed by atoms with Crippen molar-refractivity contribution >= 4 is 17.3 Å². The largest absolute Gasteiger partial charge is 0.380 e. The van der Waals surface area contributed by atoms with Crippen LogP contribution in [0.3, 0.4) is 0 Å². The van der Waals surface area contributed by atoms with Gasteiger partial charge in [0.15, 0.2) is 0 Å². The molecule has 2 rings (SSSR count). The lowest BCUT2D eigenvalue weighted by Crippen LogP contribution is -2.00. The predicted octanol–water partition coefficient (Wildman–Crippen LogP) is 4.76. The fourth-order valence-electron chi connectivity index (χ4n) is 1.71. The van der Waals surface area contributed by atoms with E-state index in [1.165, 1.54) is 12.1 Å². The molecule has 0 aliphatic heterocycles. The molecule has 20 heavy (non-hydrogen) atoms. The van der Waals surface area contributed by atoms with Gasteiger partial charge in [-0.1, -0.05) is 35.9 Å². The van der Waals surface area contributed by atoms with Crippen LogP contribution in [0, 0.1) is 11.3 Å². The van der Waals surface area contributed by atoms with Crippen LogP contribution < -0.4 is 5.32 Å². The number of nitriles is 1. The van der Waals surface area contributed by atoms with Crippen molar-refractivity contribution in [3.05, 3.63) is 64.2 Å². The normalized spacial score (nSPS) is 10.3. The third-order valence-electron chi connectivity index (χ3n) is 2.81. The van der Waals surface area contributed by atoms with Gasteiger partial charge in [-0.2, -0.15) is 5.26 Å². The van der Waals surface area contributed by atoms with Crippen molar-refractivity contribution < 1.29 is 8.78 Å². The molecule has 5 heteroatoms. The molecule has 0 atom stereocenters. The van der Waals surface area contributed by atoms with Crippen LogP contribution in [-0.2, 0) is 6.54 Å². The minimum atomic E-state index is -2.46. The lowest BCUT2D eigenvalue weighted by atomic mass is 10.1. The lowest BCUT2D eigenvalue weighted by molar-refractivity contribution is 0.151. The zero-order valence-corrected chi connectivity index (χ0v) is 11.2. The Morgan fingerprint density at radius 1 is 1.15 bits per heavy atom. The van der Waals surface area contributed by atoms with Crippen LogP contribution in [0.25, 0.3) is 0 Å². The van der Waals surface area contributed by atoms with Gasteiger partial charge in [-0.05, 0) is 23.8 Å². The van der Waals surface area contributed by atoms with Gasteiger partial charge in [-0.25, -0.2) is 8.78 Å². The van der Waals surface area contributed by atoms with Crippen LogP contribution in [-0.4, -0.2) is 0 Å². The van der Waals surface area contributed by atoms with E-state index in [0.717, 1.165) is 5.56 Å². The van der Waals surface area contributed by atoms with Crippen LogP contribution in [0.5, 0.6) is 0 Å². The molecule has 102 valence electrons. The molecule has 2 aromatic carbocycles. The first-order valence-corrected chi connectivity index (χ1v) is 6.28. The maximum atomic E-state index is 12.4. The average molecular weight is 293 g/mol. The van der Waals surface area contributed by atoms with Gasteiger partial charge < -0.3 is 5.32 Å². The van der Waals surface area contributed by atoms with E-state index in [4.69, 9.17) is 16.9 Å². The summed E-state index contributed by atoms with van der Waals surface area (Å²) in [5.41, 5.74) is 2.00. The third kappa shape index (κ3) is 3.46. The first kappa shape index (κ1) is 14.3. The van der Waals surface area contributed by atoms with Crippen LogP contribution >= 0.6 is 11.6 Å². The summed E-state index contributed by atoms with van der Waals surface area (Å²) in [7, 11) is 0. The molecule has 2 aromatic rings. The van der Waals surface area contributed by atoms with Crippen molar-refractivity contribution in [2.24, 2.45) is 0 Å².